The van der Waals surface area contributed by atoms with Crippen LogP contribution in [0.5, 0.6) is 5.75 Å². The summed E-state index contributed by atoms with van der Waals surface area (Å²) in [5.74, 6) is -0.826. The van der Waals surface area contributed by atoms with Crippen molar-refractivity contribution in [3.8, 4) is 11.8 Å². The third kappa shape index (κ3) is 2.80. The molecule has 19 heavy (non-hydrogen) atoms. The van der Waals surface area contributed by atoms with E-state index in [9.17, 15) is 14.5 Å². The third-order valence-electron chi connectivity index (χ3n) is 3.10. The Bertz CT molecular complexity index is 554. The van der Waals surface area contributed by atoms with Crippen LogP contribution in [-0.2, 0) is 0 Å². The maximum absolute atomic E-state index is 13.1. The lowest BCUT2D eigenvalue weighted by molar-refractivity contribution is -0.386. The van der Waals surface area contributed by atoms with Gasteiger partial charge in [-0.05, 0) is 24.8 Å². The highest BCUT2D eigenvalue weighted by atomic mass is 19.1. The highest BCUT2D eigenvalue weighted by Gasteiger charge is 2.43. The lowest BCUT2D eigenvalue weighted by atomic mass is 9.98. The number of benzene rings is 1. The Balaban J connectivity index is 2.17. The molecule has 1 aliphatic carbocycles. The lowest BCUT2D eigenvalue weighted by Crippen LogP contribution is -2.46. The first-order valence-electron chi connectivity index (χ1n) is 5.73. The van der Waals surface area contributed by atoms with E-state index in [1.807, 2.05) is 6.07 Å². The minimum atomic E-state index is -1.18. The molecule has 0 bridgehead atoms. The number of nitriles is 1. The Morgan fingerprint density at radius 2 is 2.32 bits per heavy atom. The summed E-state index contributed by atoms with van der Waals surface area (Å²) in [6.45, 7) is -0.196. The summed E-state index contributed by atoms with van der Waals surface area (Å²) in [6.07, 6.45) is 1.66. The molecule has 0 amide bonds. The normalized spacial score (nSPS) is 17.3. The Hall–Kier alpha value is -2.20. The summed E-state index contributed by atoms with van der Waals surface area (Å²) in [6, 6.07) is 4.88. The van der Waals surface area contributed by atoms with Gasteiger partial charge in [-0.25, -0.2) is 4.39 Å². The zero-order valence-electron chi connectivity index (χ0n) is 10.0. The van der Waals surface area contributed by atoms with Gasteiger partial charge in [0.05, 0.1) is 11.0 Å². The fraction of sp³-hybridized carbons (Fsp3) is 0.417. The second-order valence-electron chi connectivity index (χ2n) is 4.58. The van der Waals surface area contributed by atoms with Crippen molar-refractivity contribution in [2.24, 2.45) is 11.7 Å². The van der Waals surface area contributed by atoms with Crippen LogP contribution in [0, 0.1) is 33.2 Å². The van der Waals surface area contributed by atoms with E-state index in [2.05, 4.69) is 0 Å². The molecule has 1 aliphatic rings. The molecule has 0 aromatic heterocycles. The summed E-state index contributed by atoms with van der Waals surface area (Å²) in [4.78, 5) is 10.1. The lowest BCUT2D eigenvalue weighted by Gasteiger charge is -2.21. The Morgan fingerprint density at radius 3 is 2.84 bits per heavy atom. The van der Waals surface area contributed by atoms with Crippen LogP contribution in [0.3, 0.4) is 0 Å². The van der Waals surface area contributed by atoms with Crippen molar-refractivity contribution >= 4 is 5.69 Å². The highest BCUT2D eigenvalue weighted by Crippen LogP contribution is 2.38. The van der Waals surface area contributed by atoms with E-state index in [1.54, 1.807) is 0 Å². The Kier molecular flexibility index (Phi) is 3.36. The summed E-state index contributed by atoms with van der Waals surface area (Å²) in [5.41, 5.74) is 4.34. The predicted molar refractivity (Wildman–Crippen MR) is 63.8 cm³/mol. The van der Waals surface area contributed by atoms with Crippen molar-refractivity contribution in [3.63, 3.8) is 0 Å². The van der Waals surface area contributed by atoms with Crippen LogP contribution >= 0.6 is 0 Å². The number of nitrogens with two attached hydrogens (primary N) is 1. The molecule has 1 aromatic carbocycles. The zero-order chi connectivity index (χ0) is 14.0. The van der Waals surface area contributed by atoms with Gasteiger partial charge in [0.15, 0.2) is 5.75 Å². The SMILES string of the molecule is N#CC(N)(COc1cc(F)ccc1[N+](=O)[O-])C1CC1. The average molecular weight is 265 g/mol. The third-order valence-corrected chi connectivity index (χ3v) is 3.10. The van der Waals surface area contributed by atoms with Crippen molar-refractivity contribution in [2.45, 2.75) is 18.4 Å². The van der Waals surface area contributed by atoms with Crippen LogP contribution in [0.2, 0.25) is 0 Å². The van der Waals surface area contributed by atoms with E-state index in [0.717, 1.165) is 31.0 Å². The smallest absolute Gasteiger partial charge is 0.311 e. The van der Waals surface area contributed by atoms with Crippen LogP contribution in [0.15, 0.2) is 18.2 Å². The van der Waals surface area contributed by atoms with E-state index in [1.165, 1.54) is 0 Å². The van der Waals surface area contributed by atoms with Gasteiger partial charge in [-0.15, -0.1) is 0 Å². The second kappa shape index (κ2) is 4.82. The second-order valence-corrected chi connectivity index (χ2v) is 4.58. The molecule has 6 nitrogen and oxygen atoms in total. The van der Waals surface area contributed by atoms with E-state index in [4.69, 9.17) is 15.7 Å². The van der Waals surface area contributed by atoms with E-state index in [0.29, 0.717) is 0 Å². The molecule has 0 radical (unpaired) electrons. The molecule has 7 heteroatoms. The predicted octanol–water partition coefficient (Wildman–Crippen LogP) is 1.74. The highest BCUT2D eigenvalue weighted by molar-refractivity contribution is 5.46. The minimum Gasteiger partial charge on any atom is -0.484 e. The number of hydrogen-bond acceptors (Lipinski definition) is 5. The molecule has 0 aliphatic heterocycles. The van der Waals surface area contributed by atoms with Gasteiger partial charge in [0.25, 0.3) is 0 Å². The van der Waals surface area contributed by atoms with Crippen LogP contribution < -0.4 is 10.5 Å². The molecule has 2 rings (SSSR count). The van der Waals surface area contributed by atoms with Crippen molar-refractivity contribution in [2.75, 3.05) is 6.61 Å². The van der Waals surface area contributed by atoms with Gasteiger partial charge >= 0.3 is 5.69 Å². The zero-order valence-corrected chi connectivity index (χ0v) is 10.0. The molecular formula is C12H12FN3O3. The van der Waals surface area contributed by atoms with Crippen molar-refractivity contribution in [1.29, 1.82) is 5.26 Å². The largest absolute Gasteiger partial charge is 0.484 e. The van der Waals surface area contributed by atoms with Crippen molar-refractivity contribution < 1.29 is 14.1 Å². The number of hydrogen-bond donors (Lipinski definition) is 1. The topological polar surface area (TPSA) is 102 Å². The molecule has 100 valence electrons. The van der Waals surface area contributed by atoms with Gasteiger partial charge in [0.1, 0.15) is 18.0 Å². The average Bonchev–Trinajstić information content (AvgIpc) is 3.20. The molecule has 0 heterocycles. The molecule has 1 atom stereocenters. The first-order valence-corrected chi connectivity index (χ1v) is 5.73. The van der Waals surface area contributed by atoms with Crippen LogP contribution in [0.4, 0.5) is 10.1 Å². The number of halogens is 1. The number of rotatable bonds is 5. The Morgan fingerprint density at radius 1 is 1.63 bits per heavy atom. The number of nitro groups is 1. The standard InChI is InChI=1S/C12H12FN3O3/c13-9-3-4-10(16(17)18)11(5-9)19-7-12(15,6-14)8-1-2-8/h3-5,8H,1-2,7,15H2. The van der Waals surface area contributed by atoms with Crippen LogP contribution in [0.1, 0.15) is 12.8 Å². The first kappa shape index (κ1) is 13.2. The summed E-state index contributed by atoms with van der Waals surface area (Å²) in [5, 5.41) is 19.8. The van der Waals surface area contributed by atoms with Gasteiger partial charge in [-0.3, -0.25) is 10.1 Å². The summed E-state index contributed by atoms with van der Waals surface area (Å²) >= 11 is 0. The van der Waals surface area contributed by atoms with Gasteiger partial charge in [0, 0.05) is 12.1 Å². The molecule has 1 saturated carbocycles. The van der Waals surface area contributed by atoms with Gasteiger partial charge in [-0.1, -0.05) is 0 Å². The van der Waals surface area contributed by atoms with Gasteiger partial charge in [0.2, 0.25) is 0 Å². The number of ether oxygens (including phenoxy) is 1. The summed E-state index contributed by atoms with van der Waals surface area (Å²) in [7, 11) is 0. The Labute approximate surface area is 108 Å². The van der Waals surface area contributed by atoms with E-state index >= 15 is 0 Å². The van der Waals surface area contributed by atoms with Crippen molar-refractivity contribution in [1.82, 2.24) is 0 Å². The van der Waals surface area contributed by atoms with Gasteiger partial charge < -0.3 is 10.5 Å². The quantitative estimate of drug-likeness (QED) is 0.645. The first-order chi connectivity index (χ1) is 8.96. The van der Waals surface area contributed by atoms with Gasteiger partial charge in [-0.2, -0.15) is 5.26 Å². The fourth-order valence-electron chi connectivity index (χ4n) is 1.79. The van der Waals surface area contributed by atoms with Crippen LogP contribution in [0.25, 0.3) is 0 Å². The molecule has 0 spiro atoms. The van der Waals surface area contributed by atoms with Crippen molar-refractivity contribution in [3.05, 3.63) is 34.1 Å². The summed E-state index contributed by atoms with van der Waals surface area (Å²) < 4.78 is 18.3. The minimum absolute atomic E-state index is 0.0325. The molecule has 0 saturated heterocycles. The molecule has 1 fully saturated rings. The van der Waals surface area contributed by atoms with E-state index in [-0.39, 0.29) is 24.0 Å². The molecule has 1 unspecified atom stereocenters. The number of nitro benzene ring substituents is 1. The maximum Gasteiger partial charge on any atom is 0.311 e. The molecule has 1 aromatic rings. The maximum atomic E-state index is 13.1. The van der Waals surface area contributed by atoms with Crippen LogP contribution in [-0.4, -0.2) is 17.1 Å². The molecular weight excluding hydrogens is 253 g/mol. The number of nitrogens with zero attached hydrogens (tertiary/aromatic N) is 2. The molecule has 2 N–H and O–H groups in total. The van der Waals surface area contributed by atoms with E-state index < -0.39 is 16.3 Å². The monoisotopic (exact) mass is 265 g/mol. The fourth-order valence-corrected chi connectivity index (χ4v) is 1.79.